The molecular weight excluding hydrogens is 208 g/mol. The Bertz CT molecular complexity index is 189. The van der Waals surface area contributed by atoms with Crippen molar-refractivity contribution in [2.45, 2.75) is 38.5 Å². The maximum Gasteiger partial charge on any atom is 0.234 e. The Hall–Kier alpha value is -1.14. The fourth-order valence-electron chi connectivity index (χ4n) is 1.45. The first-order chi connectivity index (χ1) is 7.79. The average Bonchev–Trinajstić information content (AvgIpc) is 2.64. The summed E-state index contributed by atoms with van der Waals surface area (Å²) in [7, 11) is 0. The van der Waals surface area contributed by atoms with Gasteiger partial charge in [-0.25, -0.2) is 10.9 Å². The van der Waals surface area contributed by atoms with Crippen LogP contribution < -0.4 is 21.7 Å². The van der Waals surface area contributed by atoms with Crippen molar-refractivity contribution in [3.05, 3.63) is 0 Å². The highest BCUT2D eigenvalue weighted by atomic mass is 16.2. The number of amides is 2. The minimum Gasteiger partial charge on any atom is -0.292 e. The van der Waals surface area contributed by atoms with Crippen LogP contribution in [0.5, 0.6) is 0 Å². The summed E-state index contributed by atoms with van der Waals surface area (Å²) in [4.78, 5) is 21.0. The van der Waals surface area contributed by atoms with E-state index >= 15 is 0 Å². The van der Waals surface area contributed by atoms with Gasteiger partial charge < -0.3 is 0 Å². The fraction of sp³-hybridized carbons (Fsp3) is 0.800. The van der Waals surface area contributed by atoms with Gasteiger partial charge >= 0.3 is 0 Å². The van der Waals surface area contributed by atoms with Gasteiger partial charge in [0.2, 0.25) is 11.8 Å². The van der Waals surface area contributed by atoms with Gasteiger partial charge in [-0.1, -0.05) is 0 Å². The SMILES string of the molecule is O=C1CCCCNN1.O=C1CCCCNN1. The van der Waals surface area contributed by atoms with Crippen LogP contribution in [0.4, 0.5) is 0 Å². The molecule has 6 nitrogen and oxygen atoms in total. The Kier molecular flexibility index (Phi) is 6.52. The first kappa shape index (κ1) is 12.9. The predicted molar refractivity (Wildman–Crippen MR) is 60.0 cm³/mol. The third-order valence-electron chi connectivity index (χ3n) is 2.37. The molecule has 0 aromatic heterocycles. The summed E-state index contributed by atoms with van der Waals surface area (Å²) in [5, 5.41) is 0. The van der Waals surface area contributed by atoms with E-state index in [1.807, 2.05) is 0 Å². The highest BCUT2D eigenvalue weighted by molar-refractivity contribution is 5.75. The van der Waals surface area contributed by atoms with Crippen molar-refractivity contribution in [3.63, 3.8) is 0 Å². The van der Waals surface area contributed by atoms with E-state index in [0.29, 0.717) is 12.8 Å². The molecule has 0 aromatic rings. The molecule has 16 heavy (non-hydrogen) atoms. The molecule has 0 saturated carbocycles. The Balaban J connectivity index is 0.000000160. The lowest BCUT2D eigenvalue weighted by Gasteiger charge is -1.96. The molecule has 2 saturated heterocycles. The smallest absolute Gasteiger partial charge is 0.234 e. The monoisotopic (exact) mass is 228 g/mol. The molecule has 2 aliphatic rings. The standard InChI is InChI=1S/2C5H10N2O/c2*8-5-3-1-2-4-6-7-5/h2*6H,1-4H2,(H,7,8). The first-order valence-electron chi connectivity index (χ1n) is 5.82. The second kappa shape index (κ2) is 8.06. The zero-order valence-corrected chi connectivity index (χ0v) is 9.47. The number of hydrogen-bond donors (Lipinski definition) is 4. The van der Waals surface area contributed by atoms with E-state index in [0.717, 1.165) is 38.8 Å². The molecule has 4 N–H and O–H groups in total. The summed E-state index contributed by atoms with van der Waals surface area (Å²) >= 11 is 0. The lowest BCUT2D eigenvalue weighted by atomic mass is 10.2. The quantitative estimate of drug-likeness (QED) is 0.454. The van der Waals surface area contributed by atoms with Crippen LogP contribution in [0.3, 0.4) is 0 Å². The van der Waals surface area contributed by atoms with Gasteiger partial charge in [0.05, 0.1) is 0 Å². The van der Waals surface area contributed by atoms with Gasteiger partial charge in [0.15, 0.2) is 0 Å². The van der Waals surface area contributed by atoms with Crippen molar-refractivity contribution in [3.8, 4) is 0 Å². The third kappa shape index (κ3) is 6.36. The molecule has 2 rings (SSSR count). The number of carbonyl (C=O) groups is 2. The minimum absolute atomic E-state index is 0.113. The van der Waals surface area contributed by atoms with Gasteiger partial charge in [0.1, 0.15) is 0 Å². The van der Waals surface area contributed by atoms with Gasteiger partial charge in [0, 0.05) is 25.9 Å². The Morgan fingerprint density at radius 2 is 1.12 bits per heavy atom. The second-order valence-corrected chi connectivity index (χ2v) is 3.86. The topological polar surface area (TPSA) is 82.3 Å². The molecule has 2 heterocycles. The number of carbonyl (C=O) groups excluding carboxylic acids is 2. The summed E-state index contributed by atoms with van der Waals surface area (Å²) in [6, 6.07) is 0. The predicted octanol–water partition coefficient (Wildman–Crippen LogP) is -0.418. The zero-order chi connectivity index (χ0) is 11.6. The van der Waals surface area contributed by atoms with Gasteiger partial charge in [-0.3, -0.25) is 20.4 Å². The maximum atomic E-state index is 10.5. The molecule has 0 bridgehead atoms. The molecule has 0 aromatic carbocycles. The van der Waals surface area contributed by atoms with E-state index in [-0.39, 0.29) is 11.8 Å². The van der Waals surface area contributed by atoms with Crippen LogP contribution in [0.15, 0.2) is 0 Å². The van der Waals surface area contributed by atoms with Crippen molar-refractivity contribution < 1.29 is 9.59 Å². The molecule has 0 atom stereocenters. The number of hydrogen-bond acceptors (Lipinski definition) is 4. The fourth-order valence-corrected chi connectivity index (χ4v) is 1.45. The lowest BCUT2D eigenvalue weighted by Crippen LogP contribution is -2.35. The summed E-state index contributed by atoms with van der Waals surface area (Å²) < 4.78 is 0. The van der Waals surface area contributed by atoms with E-state index in [2.05, 4.69) is 21.7 Å². The largest absolute Gasteiger partial charge is 0.292 e. The van der Waals surface area contributed by atoms with E-state index in [9.17, 15) is 9.59 Å². The van der Waals surface area contributed by atoms with Crippen LogP contribution in [0.25, 0.3) is 0 Å². The van der Waals surface area contributed by atoms with Crippen LogP contribution in [0, 0.1) is 0 Å². The van der Waals surface area contributed by atoms with E-state index in [4.69, 9.17) is 0 Å². The molecule has 2 aliphatic heterocycles. The third-order valence-corrected chi connectivity index (χ3v) is 2.37. The molecule has 2 fully saturated rings. The van der Waals surface area contributed by atoms with Crippen molar-refractivity contribution in [1.29, 1.82) is 0 Å². The normalized spacial score (nSPS) is 21.8. The Morgan fingerprint density at radius 3 is 1.56 bits per heavy atom. The highest BCUT2D eigenvalue weighted by Gasteiger charge is 2.03. The highest BCUT2D eigenvalue weighted by Crippen LogP contribution is 1.95. The second-order valence-electron chi connectivity index (χ2n) is 3.86. The van der Waals surface area contributed by atoms with Gasteiger partial charge in [0.25, 0.3) is 0 Å². The van der Waals surface area contributed by atoms with E-state index in [1.165, 1.54) is 0 Å². The number of nitrogens with one attached hydrogen (secondary N) is 4. The van der Waals surface area contributed by atoms with Gasteiger partial charge in [-0.15, -0.1) is 0 Å². The average molecular weight is 228 g/mol. The summed E-state index contributed by atoms with van der Waals surface area (Å²) in [6.45, 7) is 1.82. The van der Waals surface area contributed by atoms with E-state index < -0.39 is 0 Å². The van der Waals surface area contributed by atoms with Crippen molar-refractivity contribution >= 4 is 11.8 Å². The Labute approximate surface area is 95.5 Å². The first-order valence-corrected chi connectivity index (χ1v) is 5.82. The molecule has 0 unspecified atom stereocenters. The van der Waals surface area contributed by atoms with Crippen molar-refractivity contribution in [2.24, 2.45) is 0 Å². The zero-order valence-electron chi connectivity index (χ0n) is 9.47. The molecule has 6 heteroatoms. The van der Waals surface area contributed by atoms with Crippen LogP contribution in [-0.2, 0) is 9.59 Å². The van der Waals surface area contributed by atoms with Crippen LogP contribution in [0.1, 0.15) is 38.5 Å². The number of rotatable bonds is 0. The van der Waals surface area contributed by atoms with E-state index in [1.54, 1.807) is 0 Å². The lowest BCUT2D eigenvalue weighted by molar-refractivity contribution is -0.122. The van der Waals surface area contributed by atoms with Crippen molar-refractivity contribution in [2.75, 3.05) is 13.1 Å². The molecule has 0 spiro atoms. The summed E-state index contributed by atoms with van der Waals surface area (Å²) in [6.07, 6.45) is 5.56. The van der Waals surface area contributed by atoms with Crippen molar-refractivity contribution in [1.82, 2.24) is 21.7 Å². The molecular formula is C10H20N4O2. The maximum absolute atomic E-state index is 10.5. The number of hydrazine groups is 2. The molecule has 2 amide bonds. The molecule has 0 radical (unpaired) electrons. The van der Waals surface area contributed by atoms with Crippen LogP contribution in [0.2, 0.25) is 0 Å². The van der Waals surface area contributed by atoms with Crippen LogP contribution >= 0.6 is 0 Å². The summed E-state index contributed by atoms with van der Waals surface area (Å²) in [5.41, 5.74) is 10.7. The summed E-state index contributed by atoms with van der Waals surface area (Å²) in [5.74, 6) is 0.227. The molecule has 92 valence electrons. The molecule has 0 aliphatic carbocycles. The van der Waals surface area contributed by atoms with Gasteiger partial charge in [-0.2, -0.15) is 0 Å². The minimum atomic E-state index is 0.113. The Morgan fingerprint density at radius 1 is 0.688 bits per heavy atom. The van der Waals surface area contributed by atoms with Gasteiger partial charge in [-0.05, 0) is 25.7 Å². The van der Waals surface area contributed by atoms with Crippen LogP contribution in [-0.4, -0.2) is 24.9 Å².